The summed E-state index contributed by atoms with van der Waals surface area (Å²) in [5.41, 5.74) is 0.760. The SMILES string of the molecule is CC1(C)C2CCC1(C)C(O)C2CC(=O)NC(CO)C(=O)NCc1cccc(I)c1. The van der Waals surface area contributed by atoms with Crippen LogP contribution in [0, 0.1) is 26.2 Å². The highest BCUT2D eigenvalue weighted by Gasteiger charge is 2.65. The van der Waals surface area contributed by atoms with Crippen LogP contribution in [0.3, 0.4) is 0 Å². The molecule has 7 heteroatoms. The number of benzene rings is 1. The number of carbonyl (C=O) groups excluding carboxylic acids is 2. The monoisotopic (exact) mass is 514 g/mol. The molecule has 2 fully saturated rings. The van der Waals surface area contributed by atoms with Crippen LogP contribution in [0.5, 0.6) is 0 Å². The lowest BCUT2D eigenvalue weighted by Gasteiger charge is -2.37. The van der Waals surface area contributed by atoms with Gasteiger partial charge in [0.05, 0.1) is 12.7 Å². The lowest BCUT2D eigenvalue weighted by Crippen LogP contribution is -2.49. The van der Waals surface area contributed by atoms with E-state index < -0.39 is 24.7 Å². The average Bonchev–Trinajstić information content (AvgIpc) is 2.98. The van der Waals surface area contributed by atoms with E-state index in [2.05, 4.69) is 54.0 Å². The molecule has 6 nitrogen and oxygen atoms in total. The van der Waals surface area contributed by atoms with Crippen molar-refractivity contribution in [2.75, 3.05) is 6.61 Å². The lowest BCUT2D eigenvalue weighted by atomic mass is 9.70. The zero-order chi connectivity index (χ0) is 21.4. The number of fused-ring (bicyclic) bond motifs is 2. The molecule has 4 N–H and O–H groups in total. The van der Waals surface area contributed by atoms with Crippen LogP contribution < -0.4 is 10.6 Å². The molecule has 5 unspecified atom stereocenters. The van der Waals surface area contributed by atoms with Crippen LogP contribution in [0.15, 0.2) is 24.3 Å². The molecule has 2 aliphatic rings. The van der Waals surface area contributed by atoms with Crippen LogP contribution in [-0.4, -0.2) is 40.8 Å². The molecule has 160 valence electrons. The molecule has 1 aromatic rings. The Morgan fingerprint density at radius 1 is 1.31 bits per heavy atom. The van der Waals surface area contributed by atoms with Gasteiger partial charge in [0.2, 0.25) is 11.8 Å². The molecule has 0 aliphatic heterocycles. The quantitative estimate of drug-likeness (QED) is 0.420. The first-order valence-corrected chi connectivity index (χ1v) is 11.3. The van der Waals surface area contributed by atoms with Gasteiger partial charge in [-0.25, -0.2) is 0 Å². The number of nitrogens with one attached hydrogen (secondary N) is 2. The Labute approximate surface area is 186 Å². The molecule has 2 bridgehead atoms. The van der Waals surface area contributed by atoms with Gasteiger partial charge in [0.25, 0.3) is 0 Å². The van der Waals surface area contributed by atoms with Crippen molar-refractivity contribution in [1.82, 2.24) is 10.6 Å². The van der Waals surface area contributed by atoms with Gasteiger partial charge in [0, 0.05) is 16.5 Å². The first-order chi connectivity index (χ1) is 13.6. The lowest BCUT2D eigenvalue weighted by molar-refractivity contribution is -0.131. The maximum atomic E-state index is 12.6. The minimum Gasteiger partial charge on any atom is -0.394 e. The molecule has 3 rings (SSSR count). The molecule has 1 aromatic carbocycles. The van der Waals surface area contributed by atoms with Crippen LogP contribution >= 0.6 is 22.6 Å². The fraction of sp³-hybridized carbons (Fsp3) is 0.636. The molecule has 0 radical (unpaired) electrons. The maximum Gasteiger partial charge on any atom is 0.245 e. The van der Waals surface area contributed by atoms with Crippen molar-refractivity contribution in [2.24, 2.45) is 22.7 Å². The van der Waals surface area contributed by atoms with Gasteiger partial charge in [-0.05, 0) is 75.8 Å². The van der Waals surface area contributed by atoms with Crippen molar-refractivity contribution in [3.8, 4) is 0 Å². The van der Waals surface area contributed by atoms with E-state index in [1.807, 2.05) is 24.3 Å². The Hall–Kier alpha value is -1.19. The minimum atomic E-state index is -0.996. The van der Waals surface area contributed by atoms with Gasteiger partial charge in [-0.1, -0.05) is 32.9 Å². The Bertz CT molecular complexity index is 784. The number of rotatable bonds is 7. The fourth-order valence-corrected chi connectivity index (χ4v) is 6.01. The molecule has 5 atom stereocenters. The Balaban J connectivity index is 1.55. The fourth-order valence-electron chi connectivity index (χ4n) is 5.41. The normalized spacial score (nSPS) is 30.8. The number of halogens is 1. The first-order valence-electron chi connectivity index (χ1n) is 10.2. The zero-order valence-electron chi connectivity index (χ0n) is 17.2. The Morgan fingerprint density at radius 3 is 2.62 bits per heavy atom. The second kappa shape index (κ2) is 8.51. The second-order valence-electron chi connectivity index (χ2n) is 9.25. The number of amides is 2. The third-order valence-corrected chi connectivity index (χ3v) is 8.23. The van der Waals surface area contributed by atoms with Crippen LogP contribution in [0.25, 0.3) is 0 Å². The van der Waals surface area contributed by atoms with Gasteiger partial charge >= 0.3 is 0 Å². The van der Waals surface area contributed by atoms with Crippen molar-refractivity contribution in [3.63, 3.8) is 0 Å². The molecule has 0 spiro atoms. The largest absolute Gasteiger partial charge is 0.394 e. The highest BCUT2D eigenvalue weighted by atomic mass is 127. The van der Waals surface area contributed by atoms with E-state index in [-0.39, 0.29) is 35.0 Å². The summed E-state index contributed by atoms with van der Waals surface area (Å²) in [6, 6.07) is 6.76. The molecule has 0 saturated heterocycles. The van der Waals surface area contributed by atoms with Gasteiger partial charge in [-0.2, -0.15) is 0 Å². The van der Waals surface area contributed by atoms with E-state index in [4.69, 9.17) is 0 Å². The summed E-state index contributed by atoms with van der Waals surface area (Å²) in [6.07, 6.45) is 1.64. The summed E-state index contributed by atoms with van der Waals surface area (Å²) in [4.78, 5) is 25.0. The topological polar surface area (TPSA) is 98.7 Å². The van der Waals surface area contributed by atoms with Gasteiger partial charge in [0.15, 0.2) is 0 Å². The Kier molecular flexibility index (Phi) is 6.60. The third kappa shape index (κ3) is 4.18. The molecule has 0 aromatic heterocycles. The van der Waals surface area contributed by atoms with Gasteiger partial charge < -0.3 is 20.8 Å². The minimum absolute atomic E-state index is 0.0156. The summed E-state index contributed by atoms with van der Waals surface area (Å²) >= 11 is 2.21. The number of hydrogen-bond acceptors (Lipinski definition) is 4. The Morgan fingerprint density at radius 2 is 2.03 bits per heavy atom. The van der Waals surface area contributed by atoms with Crippen molar-refractivity contribution < 1.29 is 19.8 Å². The predicted octanol–water partition coefficient (Wildman–Crippen LogP) is 2.21. The summed E-state index contributed by atoms with van der Waals surface area (Å²) in [7, 11) is 0. The third-order valence-electron chi connectivity index (χ3n) is 7.56. The van der Waals surface area contributed by atoms with Crippen molar-refractivity contribution >= 4 is 34.4 Å². The molecule has 0 heterocycles. The van der Waals surface area contributed by atoms with E-state index in [9.17, 15) is 19.8 Å². The van der Waals surface area contributed by atoms with E-state index in [1.54, 1.807) is 0 Å². The highest BCUT2D eigenvalue weighted by Crippen LogP contribution is 2.68. The zero-order valence-corrected chi connectivity index (χ0v) is 19.4. The van der Waals surface area contributed by atoms with Crippen molar-refractivity contribution in [1.29, 1.82) is 0 Å². The predicted molar refractivity (Wildman–Crippen MR) is 119 cm³/mol. The van der Waals surface area contributed by atoms with Gasteiger partial charge in [-0.3, -0.25) is 9.59 Å². The summed E-state index contributed by atoms with van der Waals surface area (Å²) in [5, 5.41) is 25.9. The van der Waals surface area contributed by atoms with E-state index in [1.165, 1.54) is 0 Å². The van der Waals surface area contributed by atoms with Gasteiger partial charge in [0.1, 0.15) is 6.04 Å². The molecule has 2 saturated carbocycles. The van der Waals surface area contributed by atoms with E-state index in [0.717, 1.165) is 22.0 Å². The van der Waals surface area contributed by atoms with Crippen LogP contribution in [-0.2, 0) is 16.1 Å². The number of aliphatic hydroxyl groups excluding tert-OH is 2. The standard InChI is InChI=1S/C22H31IN2O4/c1-21(2)16-7-8-22(21,3)19(28)15(16)10-18(27)25-17(12-26)20(29)24-11-13-5-4-6-14(23)9-13/h4-6,9,15-17,19,26,28H,7-8,10-12H2,1-3H3,(H,24,29)(H,25,27). The summed E-state index contributed by atoms with van der Waals surface area (Å²) in [5.74, 6) is -0.544. The summed E-state index contributed by atoms with van der Waals surface area (Å²) < 4.78 is 1.07. The van der Waals surface area contributed by atoms with Crippen LogP contribution in [0.4, 0.5) is 0 Å². The van der Waals surface area contributed by atoms with Crippen LogP contribution in [0.2, 0.25) is 0 Å². The molecular formula is C22H31IN2O4. The highest BCUT2D eigenvalue weighted by molar-refractivity contribution is 14.1. The van der Waals surface area contributed by atoms with Crippen LogP contribution in [0.1, 0.15) is 45.6 Å². The number of hydrogen-bond donors (Lipinski definition) is 4. The molecule has 2 aliphatic carbocycles. The smallest absolute Gasteiger partial charge is 0.245 e. The summed E-state index contributed by atoms with van der Waals surface area (Å²) in [6.45, 7) is 6.34. The molecular weight excluding hydrogens is 483 g/mol. The second-order valence-corrected chi connectivity index (χ2v) is 10.5. The average molecular weight is 514 g/mol. The first kappa shape index (κ1) is 22.5. The molecule has 2 amide bonds. The number of carbonyl (C=O) groups is 2. The van der Waals surface area contributed by atoms with E-state index in [0.29, 0.717) is 6.54 Å². The maximum absolute atomic E-state index is 12.6. The van der Waals surface area contributed by atoms with E-state index >= 15 is 0 Å². The molecule has 29 heavy (non-hydrogen) atoms. The van der Waals surface area contributed by atoms with Gasteiger partial charge in [-0.15, -0.1) is 0 Å². The number of aliphatic hydroxyl groups is 2. The van der Waals surface area contributed by atoms with Crippen molar-refractivity contribution in [2.45, 2.75) is 58.7 Å². The van der Waals surface area contributed by atoms with Crippen molar-refractivity contribution in [3.05, 3.63) is 33.4 Å².